The van der Waals surface area contributed by atoms with E-state index in [9.17, 15) is 19.7 Å². The summed E-state index contributed by atoms with van der Waals surface area (Å²) in [6.07, 6.45) is 0.190. The van der Waals surface area contributed by atoms with Gasteiger partial charge in [0.1, 0.15) is 5.56 Å². The van der Waals surface area contributed by atoms with Gasteiger partial charge >= 0.3 is 5.97 Å². The number of amides is 1. The molecule has 0 aliphatic carbocycles. The van der Waals surface area contributed by atoms with Gasteiger partial charge < -0.3 is 14.8 Å². The Hall–Kier alpha value is -3.79. The summed E-state index contributed by atoms with van der Waals surface area (Å²) < 4.78 is 11.2. The highest BCUT2D eigenvalue weighted by Crippen LogP contribution is 2.29. The minimum absolute atomic E-state index is 0.0830. The van der Waals surface area contributed by atoms with Crippen molar-refractivity contribution in [1.82, 2.24) is 4.98 Å². The maximum absolute atomic E-state index is 13.1. The average Bonchev–Trinajstić information content (AvgIpc) is 2.79. The lowest BCUT2D eigenvalue weighted by molar-refractivity contribution is -0.384. The minimum Gasteiger partial charge on any atom is -0.477 e. The molecule has 1 aromatic heterocycles. The first kappa shape index (κ1) is 22.9. The van der Waals surface area contributed by atoms with Crippen LogP contribution in [0.25, 0.3) is 0 Å². The Balaban J connectivity index is 1.88. The number of aromatic nitrogens is 1. The molecule has 32 heavy (non-hydrogen) atoms. The Morgan fingerprint density at radius 3 is 2.56 bits per heavy atom. The number of nitro groups is 1. The Morgan fingerprint density at radius 1 is 1.16 bits per heavy atom. The highest BCUT2D eigenvalue weighted by Gasteiger charge is 2.28. The summed E-state index contributed by atoms with van der Waals surface area (Å²) in [6, 6.07) is 15.4. The fraction of sp³-hybridized carbons (Fsp3) is 0.136. The van der Waals surface area contributed by atoms with E-state index >= 15 is 0 Å². The molecule has 0 aliphatic heterocycles. The van der Waals surface area contributed by atoms with Crippen molar-refractivity contribution < 1.29 is 24.0 Å². The average molecular weight is 500 g/mol. The predicted octanol–water partition coefficient (Wildman–Crippen LogP) is 4.69. The van der Waals surface area contributed by atoms with E-state index in [2.05, 4.69) is 26.2 Å². The lowest BCUT2D eigenvalue weighted by Crippen LogP contribution is -2.26. The van der Waals surface area contributed by atoms with Gasteiger partial charge in [-0.05, 0) is 41.1 Å². The molecule has 164 valence electrons. The molecule has 0 saturated carbocycles. The zero-order valence-electron chi connectivity index (χ0n) is 16.9. The Kier molecular flexibility index (Phi) is 7.50. The Bertz CT molecular complexity index is 1140. The van der Waals surface area contributed by atoms with Gasteiger partial charge in [0.2, 0.25) is 12.0 Å². The second kappa shape index (κ2) is 10.5. The molecule has 1 atom stereocenters. The number of esters is 1. The summed E-state index contributed by atoms with van der Waals surface area (Å²) in [5.41, 5.74) is 0.674. The van der Waals surface area contributed by atoms with Gasteiger partial charge in [-0.3, -0.25) is 14.9 Å². The van der Waals surface area contributed by atoms with Crippen LogP contribution in [0.2, 0.25) is 0 Å². The number of nitrogens with zero attached hydrogens (tertiary/aromatic N) is 2. The summed E-state index contributed by atoms with van der Waals surface area (Å²) >= 11 is 3.21. The standard InChI is InChI=1S/C22H18BrN3O6/c1-2-31-21-16(9-6-12-24-21)22(28)32-19(14-7-4-3-5-8-14)20(27)25-18-11-10-15(26(29)30)13-17(18)23/h3-13,19H,2H2,1H3,(H,25,27). The third kappa shape index (κ3) is 5.46. The zero-order chi connectivity index (χ0) is 23.1. The van der Waals surface area contributed by atoms with Crippen LogP contribution in [0.1, 0.15) is 28.9 Å². The largest absolute Gasteiger partial charge is 0.477 e. The van der Waals surface area contributed by atoms with Crippen LogP contribution in [0.15, 0.2) is 71.3 Å². The molecule has 0 spiro atoms. The maximum Gasteiger partial charge on any atom is 0.344 e. The van der Waals surface area contributed by atoms with E-state index in [1.54, 1.807) is 43.3 Å². The molecule has 1 N–H and O–H groups in total. The number of carbonyl (C=O) groups excluding carboxylic acids is 2. The summed E-state index contributed by atoms with van der Waals surface area (Å²) in [5, 5.41) is 13.6. The molecule has 0 saturated heterocycles. The number of benzene rings is 2. The molecule has 3 aromatic rings. The van der Waals surface area contributed by atoms with Crippen molar-refractivity contribution in [2.75, 3.05) is 11.9 Å². The van der Waals surface area contributed by atoms with Crippen molar-refractivity contribution in [3.63, 3.8) is 0 Å². The fourth-order valence-corrected chi connectivity index (χ4v) is 3.25. The van der Waals surface area contributed by atoms with Crippen LogP contribution in [0.4, 0.5) is 11.4 Å². The van der Waals surface area contributed by atoms with E-state index in [1.165, 1.54) is 30.5 Å². The number of nitrogens with one attached hydrogen (secondary N) is 1. The number of halogens is 1. The van der Waals surface area contributed by atoms with Gasteiger partial charge in [0, 0.05) is 28.4 Å². The Labute approximate surface area is 191 Å². The highest BCUT2D eigenvalue weighted by molar-refractivity contribution is 9.10. The van der Waals surface area contributed by atoms with Gasteiger partial charge in [-0.25, -0.2) is 9.78 Å². The Morgan fingerprint density at radius 2 is 1.91 bits per heavy atom. The van der Waals surface area contributed by atoms with Gasteiger partial charge in [0.25, 0.3) is 11.6 Å². The molecule has 1 unspecified atom stereocenters. The van der Waals surface area contributed by atoms with E-state index in [0.717, 1.165) is 0 Å². The van der Waals surface area contributed by atoms with E-state index < -0.39 is 22.9 Å². The molecule has 1 heterocycles. The first-order chi connectivity index (χ1) is 15.4. The molecule has 3 rings (SSSR count). The van der Waals surface area contributed by atoms with E-state index in [0.29, 0.717) is 16.6 Å². The lowest BCUT2D eigenvalue weighted by atomic mass is 10.1. The van der Waals surface area contributed by atoms with Gasteiger partial charge in [-0.2, -0.15) is 0 Å². The molecular weight excluding hydrogens is 482 g/mol. The third-order valence-electron chi connectivity index (χ3n) is 4.26. The number of ether oxygens (including phenoxy) is 2. The van der Waals surface area contributed by atoms with Crippen LogP contribution in [-0.4, -0.2) is 28.4 Å². The number of rotatable bonds is 8. The molecule has 2 aromatic carbocycles. The van der Waals surface area contributed by atoms with Gasteiger partial charge in [0.15, 0.2) is 0 Å². The van der Waals surface area contributed by atoms with Crippen molar-refractivity contribution in [1.29, 1.82) is 0 Å². The molecular formula is C22H18BrN3O6. The summed E-state index contributed by atoms with van der Waals surface area (Å²) in [5.74, 6) is -1.32. The van der Waals surface area contributed by atoms with E-state index in [4.69, 9.17) is 9.47 Å². The number of anilines is 1. The van der Waals surface area contributed by atoms with Crippen molar-refractivity contribution >= 4 is 39.2 Å². The molecule has 9 nitrogen and oxygen atoms in total. The topological polar surface area (TPSA) is 121 Å². The number of non-ortho nitro benzene ring substituents is 1. The number of carbonyl (C=O) groups is 2. The van der Waals surface area contributed by atoms with Crippen molar-refractivity contribution in [3.05, 3.63) is 92.6 Å². The molecule has 0 fully saturated rings. The fourth-order valence-electron chi connectivity index (χ4n) is 2.79. The van der Waals surface area contributed by atoms with Gasteiger partial charge in [-0.15, -0.1) is 0 Å². The van der Waals surface area contributed by atoms with Crippen molar-refractivity contribution in [3.8, 4) is 5.88 Å². The third-order valence-corrected chi connectivity index (χ3v) is 4.91. The first-order valence-corrected chi connectivity index (χ1v) is 10.3. The molecule has 0 radical (unpaired) electrons. The number of hydrogen-bond acceptors (Lipinski definition) is 7. The summed E-state index contributed by atoms with van der Waals surface area (Å²) in [4.78, 5) is 40.4. The quantitative estimate of drug-likeness (QED) is 0.271. The van der Waals surface area contributed by atoms with Gasteiger partial charge in [-0.1, -0.05) is 30.3 Å². The van der Waals surface area contributed by atoms with Crippen molar-refractivity contribution in [2.24, 2.45) is 0 Å². The minimum atomic E-state index is -1.29. The van der Waals surface area contributed by atoms with Crippen LogP contribution < -0.4 is 10.1 Å². The van der Waals surface area contributed by atoms with Crippen LogP contribution in [0, 0.1) is 10.1 Å². The van der Waals surface area contributed by atoms with Crippen molar-refractivity contribution in [2.45, 2.75) is 13.0 Å². The predicted molar refractivity (Wildman–Crippen MR) is 119 cm³/mol. The van der Waals surface area contributed by atoms with Gasteiger partial charge in [0.05, 0.1) is 17.2 Å². The summed E-state index contributed by atoms with van der Waals surface area (Å²) in [7, 11) is 0. The van der Waals surface area contributed by atoms with Crippen LogP contribution >= 0.6 is 15.9 Å². The molecule has 10 heteroatoms. The lowest BCUT2D eigenvalue weighted by Gasteiger charge is -2.19. The first-order valence-electron chi connectivity index (χ1n) is 9.49. The second-order valence-corrected chi connectivity index (χ2v) is 7.25. The van der Waals surface area contributed by atoms with Crippen LogP contribution in [0.5, 0.6) is 5.88 Å². The zero-order valence-corrected chi connectivity index (χ0v) is 18.4. The van der Waals surface area contributed by atoms with E-state index in [1.807, 2.05) is 0 Å². The number of nitro benzene ring substituents is 1. The number of pyridine rings is 1. The van der Waals surface area contributed by atoms with Crippen LogP contribution in [0.3, 0.4) is 0 Å². The molecule has 0 bridgehead atoms. The molecule has 1 amide bonds. The molecule has 0 aliphatic rings. The number of hydrogen-bond donors (Lipinski definition) is 1. The van der Waals surface area contributed by atoms with E-state index in [-0.39, 0.29) is 22.8 Å². The highest BCUT2D eigenvalue weighted by atomic mass is 79.9. The normalized spacial score (nSPS) is 11.3. The van der Waals surface area contributed by atoms with Crippen LogP contribution in [-0.2, 0) is 9.53 Å². The monoisotopic (exact) mass is 499 g/mol. The second-order valence-electron chi connectivity index (χ2n) is 6.40. The SMILES string of the molecule is CCOc1ncccc1C(=O)OC(C(=O)Nc1ccc([N+](=O)[O-])cc1Br)c1ccccc1. The summed E-state index contributed by atoms with van der Waals surface area (Å²) in [6.45, 7) is 2.06. The maximum atomic E-state index is 13.1. The smallest absolute Gasteiger partial charge is 0.344 e.